The number of hydrogen-bond donors (Lipinski definition) is 3. The fraction of sp³-hybridized carbons (Fsp3) is 0.348. The van der Waals surface area contributed by atoms with Crippen molar-refractivity contribution < 1.29 is 4.74 Å². The summed E-state index contributed by atoms with van der Waals surface area (Å²) in [6.07, 6.45) is 10.3. The predicted molar refractivity (Wildman–Crippen MR) is 126 cm³/mol. The van der Waals surface area contributed by atoms with Crippen molar-refractivity contribution in [2.45, 2.75) is 18.0 Å². The van der Waals surface area contributed by atoms with Gasteiger partial charge in [0.1, 0.15) is 5.76 Å². The number of nitrogens with one attached hydrogen (secondary N) is 2. The average molecular weight is 435 g/mol. The van der Waals surface area contributed by atoms with Crippen LogP contribution in [0, 0.1) is 0 Å². The molecule has 9 nitrogen and oxygen atoms in total. The third-order valence-corrected chi connectivity index (χ3v) is 5.86. The van der Waals surface area contributed by atoms with Crippen LogP contribution in [0.2, 0.25) is 0 Å². The molecule has 0 aliphatic heterocycles. The van der Waals surface area contributed by atoms with Crippen molar-refractivity contribution in [1.29, 1.82) is 0 Å². The van der Waals surface area contributed by atoms with Gasteiger partial charge in [0.15, 0.2) is 0 Å². The van der Waals surface area contributed by atoms with Crippen molar-refractivity contribution in [2.24, 2.45) is 5.73 Å². The number of methoxy groups -OCH3 is 1. The number of rotatable bonds is 8. The van der Waals surface area contributed by atoms with Crippen molar-refractivity contribution in [1.82, 2.24) is 29.8 Å². The number of nitrogens with two attached hydrogens (primary N) is 1. The Hall–Kier alpha value is -3.27. The van der Waals surface area contributed by atoms with Crippen LogP contribution >= 0.6 is 0 Å². The topological polar surface area (TPSA) is 106 Å². The highest BCUT2D eigenvalue weighted by atomic mass is 16.5. The largest absolute Gasteiger partial charge is 0.495 e. The molecule has 0 bridgehead atoms. The smallest absolute Gasteiger partial charge is 0.227 e. The Bertz CT molecular complexity index is 1150. The Balaban J connectivity index is 1.61. The lowest BCUT2D eigenvalue weighted by molar-refractivity contribution is 0.260. The second kappa shape index (κ2) is 9.07. The number of likely N-dealkylation sites (N-methyl/N-ethyl adjacent to an activating group) is 1. The molecule has 0 aromatic carbocycles. The molecule has 1 aliphatic rings. The molecule has 9 heteroatoms. The molecule has 0 fully saturated rings. The van der Waals surface area contributed by atoms with E-state index in [2.05, 4.69) is 45.8 Å². The van der Waals surface area contributed by atoms with E-state index in [4.69, 9.17) is 15.5 Å². The van der Waals surface area contributed by atoms with Crippen LogP contribution in [0.3, 0.4) is 0 Å². The molecule has 0 saturated carbocycles. The highest BCUT2D eigenvalue weighted by Gasteiger charge is 2.37. The van der Waals surface area contributed by atoms with Crippen LogP contribution in [-0.4, -0.2) is 70.9 Å². The van der Waals surface area contributed by atoms with Crippen LogP contribution in [0.1, 0.15) is 6.42 Å². The zero-order valence-corrected chi connectivity index (χ0v) is 18.9. The van der Waals surface area contributed by atoms with E-state index in [1.54, 1.807) is 13.3 Å². The van der Waals surface area contributed by atoms with Gasteiger partial charge in [-0.3, -0.25) is 0 Å². The van der Waals surface area contributed by atoms with Gasteiger partial charge in [0.2, 0.25) is 5.95 Å². The van der Waals surface area contributed by atoms with Gasteiger partial charge in [-0.15, -0.1) is 0 Å². The molecule has 168 valence electrons. The van der Waals surface area contributed by atoms with E-state index in [0.717, 1.165) is 35.4 Å². The second-order valence-corrected chi connectivity index (χ2v) is 8.14. The zero-order valence-electron chi connectivity index (χ0n) is 18.9. The third-order valence-electron chi connectivity index (χ3n) is 5.86. The van der Waals surface area contributed by atoms with Gasteiger partial charge in [-0.25, -0.2) is 14.5 Å². The first-order chi connectivity index (χ1) is 15.5. The summed E-state index contributed by atoms with van der Waals surface area (Å²) in [5, 5.41) is 11.1. The number of fused-ring (bicyclic) bond motifs is 1. The molecule has 3 aromatic heterocycles. The van der Waals surface area contributed by atoms with Gasteiger partial charge in [0.05, 0.1) is 35.8 Å². The van der Waals surface area contributed by atoms with Gasteiger partial charge in [-0.1, -0.05) is 6.07 Å². The summed E-state index contributed by atoms with van der Waals surface area (Å²) in [5.41, 5.74) is 9.63. The number of hydrogen-bond acceptors (Lipinski definition) is 8. The molecule has 3 heterocycles. The maximum absolute atomic E-state index is 6.59. The van der Waals surface area contributed by atoms with E-state index >= 15 is 0 Å². The minimum atomic E-state index is -0.402. The van der Waals surface area contributed by atoms with E-state index < -0.39 is 5.54 Å². The van der Waals surface area contributed by atoms with Gasteiger partial charge >= 0.3 is 0 Å². The molecule has 1 aliphatic carbocycles. The number of nitrogens with zero attached hydrogens (tertiary/aromatic N) is 5. The number of ether oxygens (including phenoxy) is 1. The molecule has 0 radical (unpaired) electrons. The third kappa shape index (κ3) is 4.22. The standard InChI is InChI=1S/C23H30N8O/c1-25-23(9-12-30(2)3)14-20(32-4)18(13-21(23)24)29-22-26-10-8-17(28-22)16-15-27-31-11-6-5-7-19(16)31/h5-8,10-11,13-15,21,25H,9,12,24H2,1-4H3,(H,26,28,29). The van der Waals surface area contributed by atoms with E-state index in [1.807, 2.05) is 54.3 Å². The molecule has 4 N–H and O–H groups in total. The van der Waals surface area contributed by atoms with Crippen molar-refractivity contribution in [3.8, 4) is 11.3 Å². The zero-order chi connectivity index (χ0) is 22.7. The summed E-state index contributed by atoms with van der Waals surface area (Å²) >= 11 is 0. The van der Waals surface area contributed by atoms with Crippen LogP contribution in [0.25, 0.3) is 16.8 Å². The molecule has 0 amide bonds. The Kier molecular flexibility index (Phi) is 6.22. The van der Waals surface area contributed by atoms with Gasteiger partial charge in [0.25, 0.3) is 0 Å². The van der Waals surface area contributed by atoms with Gasteiger partial charge < -0.3 is 26.0 Å². The minimum absolute atomic E-state index is 0.253. The maximum atomic E-state index is 6.59. The molecular weight excluding hydrogens is 404 g/mol. The monoisotopic (exact) mass is 434 g/mol. The molecule has 2 atom stereocenters. The Morgan fingerprint density at radius 2 is 2.12 bits per heavy atom. The maximum Gasteiger partial charge on any atom is 0.227 e. The van der Waals surface area contributed by atoms with Gasteiger partial charge in [0, 0.05) is 24.0 Å². The number of pyridine rings is 1. The first kappa shape index (κ1) is 21.9. The SMILES string of the molecule is CNC1(CCN(C)C)C=C(OC)C(Nc2nccc(-c3cnn4ccccc34)n2)=CC1N. The first-order valence-corrected chi connectivity index (χ1v) is 10.6. The molecule has 32 heavy (non-hydrogen) atoms. The summed E-state index contributed by atoms with van der Waals surface area (Å²) < 4.78 is 7.52. The van der Waals surface area contributed by atoms with Crippen molar-refractivity contribution in [3.63, 3.8) is 0 Å². The summed E-state index contributed by atoms with van der Waals surface area (Å²) in [6.45, 7) is 0.892. The summed E-state index contributed by atoms with van der Waals surface area (Å²) in [5.74, 6) is 1.16. The fourth-order valence-corrected chi connectivity index (χ4v) is 3.92. The molecular formula is C23H30N8O. The Labute approximate surface area is 188 Å². The lowest BCUT2D eigenvalue weighted by Gasteiger charge is -2.39. The molecule has 0 spiro atoms. The quantitative estimate of drug-likeness (QED) is 0.493. The molecule has 3 aromatic rings. The van der Waals surface area contributed by atoms with Crippen molar-refractivity contribution in [3.05, 3.63) is 66.5 Å². The van der Waals surface area contributed by atoms with E-state index in [-0.39, 0.29) is 6.04 Å². The minimum Gasteiger partial charge on any atom is -0.495 e. The number of aromatic nitrogens is 4. The van der Waals surface area contributed by atoms with E-state index in [0.29, 0.717) is 11.7 Å². The highest BCUT2D eigenvalue weighted by Crippen LogP contribution is 2.30. The highest BCUT2D eigenvalue weighted by molar-refractivity contribution is 5.77. The summed E-state index contributed by atoms with van der Waals surface area (Å²) in [6, 6.07) is 7.55. The molecule has 2 unspecified atom stereocenters. The predicted octanol–water partition coefficient (Wildman–Crippen LogP) is 1.87. The van der Waals surface area contributed by atoms with Crippen LogP contribution in [-0.2, 0) is 4.74 Å². The van der Waals surface area contributed by atoms with Gasteiger partial charge in [-0.2, -0.15) is 5.10 Å². The molecule has 0 saturated heterocycles. The van der Waals surface area contributed by atoms with Crippen LogP contribution < -0.4 is 16.4 Å². The first-order valence-electron chi connectivity index (χ1n) is 10.6. The number of anilines is 1. The van der Waals surface area contributed by atoms with E-state index in [1.165, 1.54) is 0 Å². The van der Waals surface area contributed by atoms with Crippen LogP contribution in [0.4, 0.5) is 5.95 Å². The van der Waals surface area contributed by atoms with Crippen LogP contribution in [0.15, 0.2) is 66.5 Å². The summed E-state index contributed by atoms with van der Waals surface area (Å²) in [4.78, 5) is 11.2. The fourth-order valence-electron chi connectivity index (χ4n) is 3.92. The lowest BCUT2D eigenvalue weighted by Crippen LogP contribution is -2.57. The van der Waals surface area contributed by atoms with Crippen molar-refractivity contribution >= 4 is 11.5 Å². The normalized spacial score (nSPS) is 20.9. The van der Waals surface area contributed by atoms with E-state index in [9.17, 15) is 0 Å². The molecule has 4 rings (SSSR count). The lowest BCUT2D eigenvalue weighted by atomic mass is 9.82. The van der Waals surface area contributed by atoms with Gasteiger partial charge in [-0.05, 0) is 64.5 Å². The van der Waals surface area contributed by atoms with Crippen molar-refractivity contribution in [2.75, 3.05) is 40.1 Å². The Morgan fingerprint density at radius 1 is 1.28 bits per heavy atom. The second-order valence-electron chi connectivity index (χ2n) is 8.14. The summed E-state index contributed by atoms with van der Waals surface area (Å²) in [7, 11) is 7.68. The van der Waals surface area contributed by atoms with Crippen LogP contribution in [0.5, 0.6) is 0 Å². The average Bonchev–Trinajstić information content (AvgIpc) is 3.23. The Morgan fingerprint density at radius 3 is 2.88 bits per heavy atom.